The minimum absolute atomic E-state index is 0.124. The molecule has 2 aromatic rings. The summed E-state index contributed by atoms with van der Waals surface area (Å²) in [5.41, 5.74) is 13.2. The summed E-state index contributed by atoms with van der Waals surface area (Å²) in [6.07, 6.45) is 4.86. The van der Waals surface area contributed by atoms with Gasteiger partial charge in [0.2, 0.25) is 0 Å². The van der Waals surface area contributed by atoms with E-state index in [4.69, 9.17) is 11.5 Å². The summed E-state index contributed by atoms with van der Waals surface area (Å²) >= 11 is 0. The third-order valence-electron chi connectivity index (χ3n) is 2.87. The minimum Gasteiger partial charge on any atom is -0.399 e. The largest absolute Gasteiger partial charge is 0.399 e. The zero-order chi connectivity index (χ0) is 11.8. The summed E-state index contributed by atoms with van der Waals surface area (Å²) in [7, 11) is 0. The molecule has 3 rings (SSSR count). The first-order valence-electron chi connectivity index (χ1n) is 5.48. The third kappa shape index (κ3) is 1.65. The van der Waals surface area contributed by atoms with Crippen molar-refractivity contribution < 1.29 is 0 Å². The van der Waals surface area contributed by atoms with E-state index in [1.807, 2.05) is 18.3 Å². The second-order valence-corrected chi connectivity index (χ2v) is 4.10. The number of anilines is 2. The Balaban J connectivity index is 2.13. The van der Waals surface area contributed by atoms with Gasteiger partial charge in [0.05, 0.1) is 11.6 Å². The van der Waals surface area contributed by atoms with Crippen LogP contribution in [-0.4, -0.2) is 9.97 Å². The van der Waals surface area contributed by atoms with Gasteiger partial charge in [-0.3, -0.25) is 0 Å². The van der Waals surface area contributed by atoms with E-state index < -0.39 is 0 Å². The molecule has 0 saturated carbocycles. The molecule has 0 aliphatic carbocycles. The van der Waals surface area contributed by atoms with Gasteiger partial charge in [-0.2, -0.15) is 0 Å². The maximum Gasteiger partial charge on any atom is 0.153 e. The normalized spacial score (nSPS) is 18.5. The lowest BCUT2D eigenvalue weighted by atomic mass is 10.2. The van der Waals surface area contributed by atoms with E-state index in [9.17, 15) is 0 Å². The van der Waals surface area contributed by atoms with E-state index in [2.05, 4.69) is 21.4 Å². The average molecular weight is 227 g/mol. The van der Waals surface area contributed by atoms with Crippen LogP contribution < -0.4 is 16.8 Å². The Kier molecular flexibility index (Phi) is 2.11. The van der Waals surface area contributed by atoms with Gasteiger partial charge < -0.3 is 16.8 Å². The fourth-order valence-corrected chi connectivity index (χ4v) is 1.98. The van der Waals surface area contributed by atoms with Crippen LogP contribution in [0.25, 0.3) is 10.9 Å². The van der Waals surface area contributed by atoms with Crippen LogP contribution in [0, 0.1) is 0 Å². The van der Waals surface area contributed by atoms with E-state index in [1.165, 1.54) is 0 Å². The third-order valence-corrected chi connectivity index (χ3v) is 2.87. The standard InChI is InChI=1S/C12H13N5/c13-7-3-4-9-8(6-7)11(14)17-12(16-9)10-2-1-5-15-10/h1,3-6,10,15H,2,13H2,(H2,14,16,17). The van der Waals surface area contributed by atoms with Crippen LogP contribution >= 0.6 is 0 Å². The molecule has 2 heterocycles. The topological polar surface area (TPSA) is 89.8 Å². The van der Waals surface area contributed by atoms with Crippen LogP contribution in [0.1, 0.15) is 18.3 Å². The van der Waals surface area contributed by atoms with Gasteiger partial charge in [0, 0.05) is 11.1 Å². The number of benzene rings is 1. The van der Waals surface area contributed by atoms with Gasteiger partial charge in [-0.15, -0.1) is 0 Å². The van der Waals surface area contributed by atoms with Gasteiger partial charge in [0.15, 0.2) is 5.82 Å². The van der Waals surface area contributed by atoms with Crippen LogP contribution in [0.3, 0.4) is 0 Å². The van der Waals surface area contributed by atoms with Gasteiger partial charge in [-0.1, -0.05) is 6.08 Å². The first kappa shape index (κ1) is 9.89. The molecular formula is C12H13N5. The van der Waals surface area contributed by atoms with Gasteiger partial charge in [-0.25, -0.2) is 9.97 Å². The Bertz CT molecular complexity index is 597. The van der Waals surface area contributed by atoms with Crippen LogP contribution in [0.4, 0.5) is 11.5 Å². The lowest BCUT2D eigenvalue weighted by Gasteiger charge is -2.11. The second-order valence-electron chi connectivity index (χ2n) is 4.10. The van der Waals surface area contributed by atoms with Crippen molar-refractivity contribution in [2.75, 3.05) is 11.5 Å². The first-order chi connectivity index (χ1) is 8.24. The lowest BCUT2D eigenvalue weighted by molar-refractivity contribution is 0.631. The molecule has 1 aromatic heterocycles. The fraction of sp³-hybridized carbons (Fsp3) is 0.167. The Morgan fingerprint density at radius 2 is 2.12 bits per heavy atom. The minimum atomic E-state index is 0.124. The molecule has 5 heteroatoms. The predicted octanol–water partition coefficient (Wildman–Crippen LogP) is 1.34. The van der Waals surface area contributed by atoms with Crippen LogP contribution in [-0.2, 0) is 0 Å². The van der Waals surface area contributed by atoms with E-state index in [0.717, 1.165) is 23.1 Å². The number of nitrogens with one attached hydrogen (secondary N) is 1. The number of rotatable bonds is 1. The predicted molar refractivity (Wildman–Crippen MR) is 68.0 cm³/mol. The number of hydrogen-bond acceptors (Lipinski definition) is 5. The summed E-state index contributed by atoms with van der Waals surface area (Å²) in [6, 6.07) is 5.61. The van der Waals surface area contributed by atoms with E-state index >= 15 is 0 Å². The molecule has 5 nitrogen and oxygen atoms in total. The van der Waals surface area contributed by atoms with Gasteiger partial charge in [0.25, 0.3) is 0 Å². The van der Waals surface area contributed by atoms with E-state index in [1.54, 1.807) is 6.07 Å². The summed E-state index contributed by atoms with van der Waals surface area (Å²) < 4.78 is 0. The molecule has 0 radical (unpaired) electrons. The highest BCUT2D eigenvalue weighted by atomic mass is 15.0. The maximum absolute atomic E-state index is 5.94. The lowest BCUT2D eigenvalue weighted by Crippen LogP contribution is -2.14. The zero-order valence-electron chi connectivity index (χ0n) is 9.22. The van der Waals surface area contributed by atoms with Gasteiger partial charge in [-0.05, 0) is 30.8 Å². The summed E-state index contributed by atoms with van der Waals surface area (Å²) in [5.74, 6) is 1.20. The molecule has 0 amide bonds. The number of fused-ring (bicyclic) bond motifs is 1. The molecule has 5 N–H and O–H groups in total. The van der Waals surface area contributed by atoms with Crippen molar-refractivity contribution in [2.45, 2.75) is 12.5 Å². The molecule has 1 atom stereocenters. The van der Waals surface area contributed by atoms with Crippen molar-refractivity contribution >= 4 is 22.4 Å². The summed E-state index contributed by atoms with van der Waals surface area (Å²) in [6.45, 7) is 0. The fourth-order valence-electron chi connectivity index (χ4n) is 1.98. The molecule has 0 bridgehead atoms. The van der Waals surface area contributed by atoms with Crippen molar-refractivity contribution in [3.05, 3.63) is 36.3 Å². The molecule has 1 unspecified atom stereocenters. The highest BCUT2D eigenvalue weighted by Crippen LogP contribution is 2.24. The Labute approximate surface area is 98.5 Å². The first-order valence-corrected chi connectivity index (χ1v) is 5.48. The average Bonchev–Trinajstić information content (AvgIpc) is 2.83. The highest BCUT2D eigenvalue weighted by Gasteiger charge is 2.16. The van der Waals surface area contributed by atoms with Crippen molar-refractivity contribution in [3.8, 4) is 0 Å². The number of aromatic nitrogens is 2. The van der Waals surface area contributed by atoms with Crippen molar-refractivity contribution in [1.29, 1.82) is 0 Å². The highest BCUT2D eigenvalue weighted by molar-refractivity contribution is 5.90. The monoisotopic (exact) mass is 227 g/mol. The molecular weight excluding hydrogens is 214 g/mol. The van der Waals surface area contributed by atoms with E-state index in [0.29, 0.717) is 11.5 Å². The number of hydrogen-bond donors (Lipinski definition) is 3. The van der Waals surface area contributed by atoms with E-state index in [-0.39, 0.29) is 6.04 Å². The van der Waals surface area contributed by atoms with Crippen molar-refractivity contribution in [1.82, 2.24) is 15.3 Å². The SMILES string of the molecule is Nc1ccc2nc(C3CC=CN3)nc(N)c2c1. The molecule has 0 saturated heterocycles. The summed E-state index contributed by atoms with van der Waals surface area (Å²) in [4.78, 5) is 8.84. The van der Waals surface area contributed by atoms with Crippen molar-refractivity contribution in [3.63, 3.8) is 0 Å². The Morgan fingerprint density at radius 1 is 1.24 bits per heavy atom. The Morgan fingerprint density at radius 3 is 2.88 bits per heavy atom. The molecule has 1 aromatic carbocycles. The van der Waals surface area contributed by atoms with Crippen LogP contribution in [0.15, 0.2) is 30.5 Å². The quantitative estimate of drug-likeness (QED) is 0.640. The van der Waals surface area contributed by atoms with Gasteiger partial charge >= 0.3 is 0 Å². The molecule has 86 valence electrons. The van der Waals surface area contributed by atoms with Crippen LogP contribution in [0.2, 0.25) is 0 Å². The summed E-state index contributed by atoms with van der Waals surface area (Å²) in [5, 5.41) is 4.00. The molecule has 17 heavy (non-hydrogen) atoms. The van der Waals surface area contributed by atoms with Crippen molar-refractivity contribution in [2.24, 2.45) is 0 Å². The second kappa shape index (κ2) is 3.62. The number of nitrogen functional groups attached to an aromatic ring is 2. The molecule has 1 aliphatic rings. The molecule has 1 aliphatic heterocycles. The van der Waals surface area contributed by atoms with Gasteiger partial charge in [0.1, 0.15) is 5.82 Å². The molecule has 0 spiro atoms. The molecule has 0 fully saturated rings. The van der Waals surface area contributed by atoms with Crippen LogP contribution in [0.5, 0.6) is 0 Å². The maximum atomic E-state index is 5.94. The number of nitrogens with zero attached hydrogens (tertiary/aromatic N) is 2. The number of nitrogens with two attached hydrogens (primary N) is 2. The Hall–Kier alpha value is -2.30. The zero-order valence-corrected chi connectivity index (χ0v) is 9.22. The smallest absolute Gasteiger partial charge is 0.153 e.